The third-order valence-electron chi connectivity index (χ3n) is 3.24. The average Bonchev–Trinajstić information content (AvgIpc) is 2.51. The Balaban J connectivity index is 1.81. The molecule has 0 bridgehead atoms. The van der Waals surface area contributed by atoms with Gasteiger partial charge in [-0.25, -0.2) is 4.39 Å². The summed E-state index contributed by atoms with van der Waals surface area (Å²) in [6.45, 7) is 0.336. The van der Waals surface area contributed by atoms with Crippen molar-refractivity contribution in [1.29, 1.82) is 0 Å². The second-order valence-electron chi connectivity index (χ2n) is 4.88. The molecule has 0 fully saturated rings. The molecule has 5 heteroatoms. The molecule has 0 saturated heterocycles. The van der Waals surface area contributed by atoms with Crippen molar-refractivity contribution >= 4 is 21.8 Å². The van der Waals surface area contributed by atoms with E-state index in [-0.39, 0.29) is 11.7 Å². The number of amides is 1. The number of ether oxygens (including phenoxy) is 1. The van der Waals surface area contributed by atoms with E-state index in [0.717, 1.165) is 21.3 Å². The van der Waals surface area contributed by atoms with E-state index in [1.165, 1.54) is 12.1 Å². The second kappa shape index (κ2) is 7.94. The van der Waals surface area contributed by atoms with E-state index >= 15 is 0 Å². The number of halogens is 2. The number of methoxy groups -OCH3 is 1. The lowest BCUT2D eigenvalue weighted by Crippen LogP contribution is -2.23. The monoisotopic (exact) mass is 365 g/mol. The Bertz CT molecular complexity index is 661. The fraction of sp³-hybridized carbons (Fsp3) is 0.235. The van der Waals surface area contributed by atoms with Crippen LogP contribution < -0.4 is 10.1 Å². The van der Waals surface area contributed by atoms with Crippen LogP contribution in [0.4, 0.5) is 4.39 Å². The molecule has 1 N–H and O–H groups in total. The highest BCUT2D eigenvalue weighted by Crippen LogP contribution is 2.25. The van der Waals surface area contributed by atoms with E-state index in [0.29, 0.717) is 19.4 Å². The molecule has 0 aliphatic carbocycles. The quantitative estimate of drug-likeness (QED) is 0.844. The summed E-state index contributed by atoms with van der Waals surface area (Å²) in [6, 6.07) is 12.0. The third kappa shape index (κ3) is 4.84. The summed E-state index contributed by atoms with van der Waals surface area (Å²) in [5, 5.41) is 2.79. The van der Waals surface area contributed by atoms with Crippen LogP contribution in [0.2, 0.25) is 0 Å². The SMILES string of the molecule is COc1ccc(CCC(=O)NCc2cccc(F)c2)cc1Br. The van der Waals surface area contributed by atoms with Crippen molar-refractivity contribution in [2.75, 3.05) is 7.11 Å². The minimum atomic E-state index is -0.296. The Morgan fingerprint density at radius 1 is 1.23 bits per heavy atom. The molecule has 1 amide bonds. The first-order valence-corrected chi connectivity index (χ1v) is 7.71. The Morgan fingerprint density at radius 3 is 2.73 bits per heavy atom. The molecule has 0 aliphatic rings. The maximum Gasteiger partial charge on any atom is 0.220 e. The second-order valence-corrected chi connectivity index (χ2v) is 5.73. The summed E-state index contributed by atoms with van der Waals surface area (Å²) in [6.07, 6.45) is 1.02. The van der Waals surface area contributed by atoms with Gasteiger partial charge in [0, 0.05) is 13.0 Å². The Morgan fingerprint density at radius 2 is 2.05 bits per heavy atom. The zero-order valence-corrected chi connectivity index (χ0v) is 13.8. The summed E-state index contributed by atoms with van der Waals surface area (Å²) in [5.74, 6) is 0.408. The highest BCUT2D eigenvalue weighted by Gasteiger charge is 2.05. The first kappa shape index (κ1) is 16.5. The van der Waals surface area contributed by atoms with Gasteiger partial charge in [0.25, 0.3) is 0 Å². The van der Waals surface area contributed by atoms with Gasteiger partial charge in [-0.15, -0.1) is 0 Å². The fourth-order valence-electron chi connectivity index (χ4n) is 2.06. The van der Waals surface area contributed by atoms with Crippen LogP contribution in [0.5, 0.6) is 5.75 Å². The van der Waals surface area contributed by atoms with Crippen LogP contribution >= 0.6 is 15.9 Å². The molecule has 2 aromatic carbocycles. The predicted octanol–water partition coefficient (Wildman–Crippen LogP) is 3.85. The summed E-state index contributed by atoms with van der Waals surface area (Å²) < 4.78 is 19.1. The molecule has 0 saturated carbocycles. The Hall–Kier alpha value is -1.88. The van der Waals surface area contributed by atoms with Crippen molar-refractivity contribution < 1.29 is 13.9 Å². The molecule has 0 radical (unpaired) electrons. The highest BCUT2D eigenvalue weighted by atomic mass is 79.9. The molecule has 0 aromatic heterocycles. The van der Waals surface area contributed by atoms with Crippen molar-refractivity contribution in [1.82, 2.24) is 5.32 Å². The summed E-state index contributed by atoms with van der Waals surface area (Å²) in [5.41, 5.74) is 1.80. The molecule has 0 unspecified atom stereocenters. The first-order valence-electron chi connectivity index (χ1n) is 6.92. The average molecular weight is 366 g/mol. The molecule has 0 atom stereocenters. The van der Waals surface area contributed by atoms with Gasteiger partial charge in [0.15, 0.2) is 0 Å². The Labute approximate surface area is 137 Å². The van der Waals surface area contributed by atoms with Crippen molar-refractivity contribution in [3.63, 3.8) is 0 Å². The van der Waals surface area contributed by atoms with Crippen LogP contribution in [0.3, 0.4) is 0 Å². The van der Waals surface area contributed by atoms with E-state index in [2.05, 4.69) is 21.2 Å². The number of benzene rings is 2. The van der Waals surface area contributed by atoms with Crippen LogP contribution in [0.1, 0.15) is 17.5 Å². The molecule has 0 aliphatic heterocycles. The number of carbonyl (C=O) groups excluding carboxylic acids is 1. The predicted molar refractivity (Wildman–Crippen MR) is 87.3 cm³/mol. The molecule has 2 rings (SSSR count). The van der Waals surface area contributed by atoms with E-state index in [1.54, 1.807) is 19.2 Å². The molecule has 116 valence electrons. The fourth-order valence-corrected chi connectivity index (χ4v) is 2.65. The number of carbonyl (C=O) groups is 1. The molecule has 0 spiro atoms. The standard InChI is InChI=1S/C17H17BrFNO2/c1-22-16-7-5-12(10-15(16)18)6-8-17(21)20-11-13-3-2-4-14(19)9-13/h2-5,7,9-10H,6,8,11H2,1H3,(H,20,21). The van der Waals surface area contributed by atoms with Crippen LogP contribution in [0.25, 0.3) is 0 Å². The molecular weight excluding hydrogens is 349 g/mol. The van der Waals surface area contributed by atoms with Gasteiger partial charge in [-0.1, -0.05) is 18.2 Å². The third-order valence-corrected chi connectivity index (χ3v) is 3.86. The number of rotatable bonds is 6. The van der Waals surface area contributed by atoms with Gasteiger partial charge in [0.1, 0.15) is 11.6 Å². The molecular formula is C17H17BrFNO2. The van der Waals surface area contributed by atoms with E-state index in [4.69, 9.17) is 4.74 Å². The van der Waals surface area contributed by atoms with Crippen molar-refractivity contribution in [3.8, 4) is 5.75 Å². The molecule has 2 aromatic rings. The maximum atomic E-state index is 13.0. The highest BCUT2D eigenvalue weighted by molar-refractivity contribution is 9.10. The van der Waals surface area contributed by atoms with Gasteiger partial charge in [0.2, 0.25) is 5.91 Å². The normalized spacial score (nSPS) is 10.3. The lowest BCUT2D eigenvalue weighted by molar-refractivity contribution is -0.121. The summed E-state index contributed by atoms with van der Waals surface area (Å²) in [4.78, 5) is 11.8. The van der Waals surface area contributed by atoms with Crippen LogP contribution in [0, 0.1) is 5.82 Å². The van der Waals surface area contributed by atoms with E-state index in [9.17, 15) is 9.18 Å². The lowest BCUT2D eigenvalue weighted by atomic mass is 10.1. The van der Waals surface area contributed by atoms with Crippen LogP contribution in [0.15, 0.2) is 46.9 Å². The van der Waals surface area contributed by atoms with Crippen molar-refractivity contribution in [2.24, 2.45) is 0 Å². The number of aryl methyl sites for hydroxylation is 1. The van der Waals surface area contributed by atoms with Gasteiger partial charge >= 0.3 is 0 Å². The van der Waals surface area contributed by atoms with Crippen LogP contribution in [-0.2, 0) is 17.8 Å². The maximum absolute atomic E-state index is 13.0. The van der Waals surface area contributed by atoms with Gasteiger partial charge < -0.3 is 10.1 Å². The smallest absolute Gasteiger partial charge is 0.220 e. The minimum absolute atomic E-state index is 0.0591. The zero-order valence-electron chi connectivity index (χ0n) is 12.2. The first-order chi connectivity index (χ1) is 10.6. The topological polar surface area (TPSA) is 38.3 Å². The lowest BCUT2D eigenvalue weighted by Gasteiger charge is -2.07. The van der Waals surface area contributed by atoms with Crippen molar-refractivity contribution in [2.45, 2.75) is 19.4 Å². The zero-order chi connectivity index (χ0) is 15.9. The van der Waals surface area contributed by atoms with Crippen molar-refractivity contribution in [3.05, 3.63) is 63.9 Å². The molecule has 22 heavy (non-hydrogen) atoms. The van der Waals surface area contributed by atoms with Crippen LogP contribution in [-0.4, -0.2) is 13.0 Å². The van der Waals surface area contributed by atoms with E-state index < -0.39 is 0 Å². The molecule has 3 nitrogen and oxygen atoms in total. The number of hydrogen-bond donors (Lipinski definition) is 1. The minimum Gasteiger partial charge on any atom is -0.496 e. The van der Waals surface area contributed by atoms with E-state index in [1.807, 2.05) is 18.2 Å². The summed E-state index contributed by atoms with van der Waals surface area (Å²) in [7, 11) is 1.61. The summed E-state index contributed by atoms with van der Waals surface area (Å²) >= 11 is 3.42. The van der Waals surface area contributed by atoms with Gasteiger partial charge in [-0.2, -0.15) is 0 Å². The molecule has 0 heterocycles. The number of nitrogens with one attached hydrogen (secondary N) is 1. The Kier molecular flexibility index (Phi) is 5.95. The number of hydrogen-bond acceptors (Lipinski definition) is 2. The van der Waals surface area contributed by atoms with Gasteiger partial charge in [0.05, 0.1) is 11.6 Å². The van der Waals surface area contributed by atoms with Gasteiger partial charge in [-0.05, 0) is 57.7 Å². The van der Waals surface area contributed by atoms with Gasteiger partial charge in [-0.3, -0.25) is 4.79 Å². The largest absolute Gasteiger partial charge is 0.496 e.